The van der Waals surface area contributed by atoms with Crippen molar-refractivity contribution in [3.05, 3.63) is 29.6 Å². The highest BCUT2D eigenvalue weighted by Gasteiger charge is 2.40. The number of rotatable bonds is 3. The fourth-order valence-electron chi connectivity index (χ4n) is 2.30. The van der Waals surface area contributed by atoms with Gasteiger partial charge in [-0.15, -0.1) is 0 Å². The summed E-state index contributed by atoms with van der Waals surface area (Å²) in [6, 6.07) is 2.73. The average Bonchev–Trinajstić information content (AvgIpc) is 2.80. The Morgan fingerprint density at radius 1 is 1.45 bits per heavy atom. The van der Waals surface area contributed by atoms with Crippen molar-refractivity contribution in [2.24, 2.45) is 0 Å². The largest absolute Gasteiger partial charge is 0.496 e. The first kappa shape index (κ1) is 14.3. The van der Waals surface area contributed by atoms with Gasteiger partial charge in [0, 0.05) is 13.0 Å². The molecule has 0 bridgehead atoms. The highest BCUT2D eigenvalue weighted by molar-refractivity contribution is 5.99. The van der Waals surface area contributed by atoms with Gasteiger partial charge in [-0.05, 0) is 12.1 Å². The van der Waals surface area contributed by atoms with E-state index in [0.29, 0.717) is 0 Å². The summed E-state index contributed by atoms with van der Waals surface area (Å²) in [4.78, 5) is 24.4. The molecule has 0 radical (unpaired) electrons. The Hall–Kier alpha value is -2.15. The second-order valence-electron chi connectivity index (χ2n) is 4.52. The molecule has 1 aromatic carbocycles. The Morgan fingerprint density at radius 3 is 2.75 bits per heavy atom. The van der Waals surface area contributed by atoms with E-state index in [1.807, 2.05) is 0 Å². The van der Waals surface area contributed by atoms with Gasteiger partial charge < -0.3 is 19.8 Å². The molecule has 6 nitrogen and oxygen atoms in total. The van der Waals surface area contributed by atoms with Crippen LogP contribution in [0.2, 0.25) is 0 Å². The van der Waals surface area contributed by atoms with Gasteiger partial charge >= 0.3 is 5.97 Å². The smallest absolute Gasteiger partial charge is 0.326 e. The van der Waals surface area contributed by atoms with Crippen LogP contribution in [-0.4, -0.2) is 52.8 Å². The van der Waals surface area contributed by atoms with Crippen molar-refractivity contribution in [1.82, 2.24) is 4.90 Å². The number of aliphatic hydroxyl groups excluding tert-OH is 1. The summed E-state index contributed by atoms with van der Waals surface area (Å²) in [6.07, 6.45) is -1.00. The Kier molecular flexibility index (Phi) is 3.89. The Morgan fingerprint density at radius 2 is 2.15 bits per heavy atom. The molecule has 0 aliphatic carbocycles. The molecule has 0 saturated carbocycles. The predicted molar refractivity (Wildman–Crippen MR) is 66.0 cm³/mol. The molecule has 2 N–H and O–H groups in total. The number of carboxylic acids is 1. The molecule has 2 rings (SSSR count). The number of likely N-dealkylation sites (tertiary alicyclic amines) is 1. The van der Waals surface area contributed by atoms with E-state index in [4.69, 9.17) is 9.84 Å². The lowest BCUT2D eigenvalue weighted by Gasteiger charge is -2.22. The molecule has 1 aliphatic heterocycles. The van der Waals surface area contributed by atoms with Crippen LogP contribution < -0.4 is 4.74 Å². The van der Waals surface area contributed by atoms with E-state index >= 15 is 0 Å². The Bertz CT molecular complexity index is 548. The molecule has 1 aromatic rings. The quantitative estimate of drug-likeness (QED) is 0.843. The number of halogens is 1. The van der Waals surface area contributed by atoms with Gasteiger partial charge in [-0.2, -0.15) is 0 Å². The summed E-state index contributed by atoms with van der Waals surface area (Å²) >= 11 is 0. The summed E-state index contributed by atoms with van der Waals surface area (Å²) in [5.41, 5.74) is -0.324. The lowest BCUT2D eigenvalue weighted by molar-refractivity contribution is -0.141. The zero-order valence-corrected chi connectivity index (χ0v) is 10.7. The van der Waals surface area contributed by atoms with Crippen molar-refractivity contribution in [2.75, 3.05) is 13.7 Å². The summed E-state index contributed by atoms with van der Waals surface area (Å²) in [7, 11) is 1.29. The van der Waals surface area contributed by atoms with E-state index in [2.05, 4.69) is 0 Å². The number of benzene rings is 1. The van der Waals surface area contributed by atoms with E-state index in [9.17, 15) is 19.1 Å². The molecule has 1 saturated heterocycles. The lowest BCUT2D eigenvalue weighted by atomic mass is 10.1. The minimum atomic E-state index is -1.23. The molecular weight excluding hydrogens is 269 g/mol. The lowest BCUT2D eigenvalue weighted by Crippen LogP contribution is -2.41. The van der Waals surface area contributed by atoms with Crippen LogP contribution in [0.4, 0.5) is 4.39 Å². The molecule has 0 spiro atoms. The first-order valence-electron chi connectivity index (χ1n) is 6.00. The van der Waals surface area contributed by atoms with Crippen LogP contribution >= 0.6 is 0 Å². The van der Waals surface area contributed by atoms with E-state index in [1.54, 1.807) is 0 Å². The number of aliphatic carboxylic acids is 1. The molecule has 0 aromatic heterocycles. The number of hydrogen-bond donors (Lipinski definition) is 2. The summed E-state index contributed by atoms with van der Waals surface area (Å²) in [5, 5.41) is 18.6. The normalized spacial score (nSPS) is 21.9. The van der Waals surface area contributed by atoms with Gasteiger partial charge in [0.05, 0.1) is 13.2 Å². The molecule has 1 aliphatic rings. The number of amides is 1. The fourth-order valence-corrected chi connectivity index (χ4v) is 2.30. The van der Waals surface area contributed by atoms with Crippen LogP contribution in [0.15, 0.2) is 18.2 Å². The predicted octanol–water partition coefficient (Wildman–Crippen LogP) is 0.494. The maximum atomic E-state index is 13.8. The van der Waals surface area contributed by atoms with E-state index < -0.39 is 29.8 Å². The molecule has 108 valence electrons. The number of carboxylic acid groups (broad SMARTS) is 1. The van der Waals surface area contributed by atoms with Gasteiger partial charge in [-0.3, -0.25) is 4.79 Å². The van der Waals surface area contributed by atoms with Crippen LogP contribution in [0.3, 0.4) is 0 Å². The van der Waals surface area contributed by atoms with Crippen molar-refractivity contribution in [3.63, 3.8) is 0 Å². The second-order valence-corrected chi connectivity index (χ2v) is 4.52. The number of hydrogen-bond acceptors (Lipinski definition) is 4. The molecule has 20 heavy (non-hydrogen) atoms. The number of carbonyl (C=O) groups excluding carboxylic acids is 1. The van der Waals surface area contributed by atoms with Crippen molar-refractivity contribution < 1.29 is 28.9 Å². The van der Waals surface area contributed by atoms with Gasteiger partial charge in [0.1, 0.15) is 23.2 Å². The van der Waals surface area contributed by atoms with Crippen molar-refractivity contribution in [3.8, 4) is 5.75 Å². The maximum Gasteiger partial charge on any atom is 0.326 e. The third-order valence-electron chi connectivity index (χ3n) is 3.23. The molecule has 1 heterocycles. The van der Waals surface area contributed by atoms with E-state index in [0.717, 1.165) is 11.0 Å². The van der Waals surface area contributed by atoms with E-state index in [1.165, 1.54) is 19.2 Å². The minimum Gasteiger partial charge on any atom is -0.496 e. The van der Waals surface area contributed by atoms with Gasteiger partial charge in [0.25, 0.3) is 5.91 Å². The molecular formula is C13H14FNO5. The monoisotopic (exact) mass is 283 g/mol. The zero-order chi connectivity index (χ0) is 14.9. The first-order chi connectivity index (χ1) is 9.45. The average molecular weight is 283 g/mol. The van der Waals surface area contributed by atoms with Crippen LogP contribution in [0.25, 0.3) is 0 Å². The van der Waals surface area contributed by atoms with Crippen LogP contribution in [-0.2, 0) is 4.79 Å². The number of β-amino-alcohol motifs (C(OH)–C–C–N with tert-alkyl or cyclic N) is 1. The number of aliphatic hydroxyl groups is 1. The maximum absolute atomic E-state index is 13.8. The van der Waals surface area contributed by atoms with Crippen molar-refractivity contribution >= 4 is 11.9 Å². The highest BCUT2D eigenvalue weighted by Crippen LogP contribution is 2.27. The third kappa shape index (κ3) is 2.44. The van der Waals surface area contributed by atoms with Crippen molar-refractivity contribution in [1.29, 1.82) is 0 Å². The van der Waals surface area contributed by atoms with Crippen molar-refractivity contribution in [2.45, 2.75) is 18.6 Å². The highest BCUT2D eigenvalue weighted by atomic mass is 19.1. The number of carbonyl (C=O) groups is 2. The second kappa shape index (κ2) is 5.46. The molecule has 2 atom stereocenters. The summed E-state index contributed by atoms with van der Waals surface area (Å²) in [6.45, 7) is -0.146. The first-order valence-corrected chi connectivity index (χ1v) is 6.00. The molecule has 0 unspecified atom stereocenters. The summed E-state index contributed by atoms with van der Waals surface area (Å²) < 4.78 is 18.8. The number of methoxy groups -OCH3 is 1. The van der Waals surface area contributed by atoms with Crippen LogP contribution in [0, 0.1) is 5.82 Å². The van der Waals surface area contributed by atoms with Crippen LogP contribution in [0.1, 0.15) is 16.8 Å². The number of nitrogens with zero attached hydrogens (tertiary/aromatic N) is 1. The Labute approximate surface area is 114 Å². The SMILES string of the molecule is COc1cccc(F)c1C(=O)N1C[C@H](O)C[C@H]1C(=O)O. The van der Waals surface area contributed by atoms with E-state index in [-0.39, 0.29) is 24.3 Å². The topological polar surface area (TPSA) is 87.1 Å². The van der Waals surface area contributed by atoms with Gasteiger partial charge in [-0.25, -0.2) is 9.18 Å². The Balaban J connectivity index is 2.38. The standard InChI is InChI=1S/C13H14FNO5/c1-20-10-4-2-3-8(14)11(10)12(17)15-6-7(16)5-9(15)13(18)19/h2-4,7,9,16H,5-6H2,1H3,(H,18,19)/t7-,9+/m1/s1. The third-order valence-corrected chi connectivity index (χ3v) is 3.23. The molecule has 7 heteroatoms. The van der Waals surface area contributed by atoms with Crippen LogP contribution in [0.5, 0.6) is 5.75 Å². The minimum absolute atomic E-state index is 0.0283. The van der Waals surface area contributed by atoms with Gasteiger partial charge in [0.2, 0.25) is 0 Å². The fraction of sp³-hybridized carbons (Fsp3) is 0.385. The molecule has 1 amide bonds. The number of ether oxygens (including phenoxy) is 1. The summed E-state index contributed by atoms with van der Waals surface area (Å²) in [5.74, 6) is -2.80. The van der Waals surface area contributed by atoms with Gasteiger partial charge in [-0.1, -0.05) is 6.07 Å². The van der Waals surface area contributed by atoms with Gasteiger partial charge in [0.15, 0.2) is 0 Å². The zero-order valence-electron chi connectivity index (χ0n) is 10.7. The molecule has 1 fully saturated rings.